The number of amides is 1. The minimum Gasteiger partial charge on any atom is -0.372 e. The summed E-state index contributed by atoms with van der Waals surface area (Å²) in [4.78, 5) is 30.8. The van der Waals surface area contributed by atoms with Gasteiger partial charge < -0.3 is 15.0 Å². The molecule has 1 amide bonds. The normalized spacial score (nSPS) is 18.7. The lowest BCUT2D eigenvalue weighted by Gasteiger charge is -2.37. The fourth-order valence-corrected chi connectivity index (χ4v) is 3.95. The van der Waals surface area contributed by atoms with Crippen LogP contribution in [0.4, 0.5) is 14.5 Å². The third-order valence-corrected chi connectivity index (χ3v) is 5.36. The Balaban J connectivity index is 1.40. The van der Waals surface area contributed by atoms with Gasteiger partial charge in [-0.2, -0.15) is 0 Å². The molecule has 0 saturated carbocycles. The van der Waals surface area contributed by atoms with Gasteiger partial charge >= 0.3 is 0 Å². The molecule has 168 valence electrons. The maximum atomic E-state index is 14.7. The number of hydrogen-bond acceptors (Lipinski definition) is 5. The van der Waals surface area contributed by atoms with Crippen LogP contribution in [0.1, 0.15) is 19.4 Å². The van der Waals surface area contributed by atoms with Gasteiger partial charge in [-0.25, -0.2) is 13.8 Å². The van der Waals surface area contributed by atoms with Gasteiger partial charge in [-0.15, -0.1) is 0 Å². The predicted molar refractivity (Wildman–Crippen MR) is 116 cm³/mol. The molecule has 7 nitrogen and oxygen atoms in total. The summed E-state index contributed by atoms with van der Waals surface area (Å²) in [7, 11) is 0. The smallest absolute Gasteiger partial charge is 0.261 e. The maximum absolute atomic E-state index is 14.7. The van der Waals surface area contributed by atoms with Crippen LogP contribution in [0.25, 0.3) is 10.9 Å². The molecule has 1 fully saturated rings. The molecule has 0 bridgehead atoms. The molecule has 2 unspecified atom stereocenters. The van der Waals surface area contributed by atoms with Gasteiger partial charge in [-0.1, -0.05) is 6.07 Å². The second-order valence-electron chi connectivity index (χ2n) is 8.06. The van der Waals surface area contributed by atoms with E-state index in [2.05, 4.69) is 10.3 Å². The summed E-state index contributed by atoms with van der Waals surface area (Å²) >= 11 is 0. The zero-order chi connectivity index (χ0) is 22.8. The number of carbonyl (C=O) groups excluding carboxylic acids is 1. The first-order valence-electron chi connectivity index (χ1n) is 10.4. The highest BCUT2D eigenvalue weighted by atomic mass is 19.1. The number of aromatic nitrogens is 2. The second kappa shape index (κ2) is 9.04. The van der Waals surface area contributed by atoms with Gasteiger partial charge in [0.2, 0.25) is 5.91 Å². The number of nitrogens with zero attached hydrogens (tertiary/aromatic N) is 3. The van der Waals surface area contributed by atoms with Crippen LogP contribution in [0.5, 0.6) is 0 Å². The van der Waals surface area contributed by atoms with Crippen molar-refractivity contribution in [1.82, 2.24) is 14.9 Å². The van der Waals surface area contributed by atoms with Crippen LogP contribution in [-0.2, 0) is 22.6 Å². The van der Waals surface area contributed by atoms with Gasteiger partial charge in [0.05, 0.1) is 35.1 Å². The number of halogens is 2. The molecule has 4 rings (SSSR count). The molecule has 2 aromatic carbocycles. The number of rotatable bonds is 5. The molecule has 0 radical (unpaired) electrons. The lowest BCUT2D eigenvalue weighted by Crippen LogP contribution is -2.45. The van der Waals surface area contributed by atoms with Crippen LogP contribution in [0.15, 0.2) is 47.5 Å². The molecule has 1 aliphatic rings. The lowest BCUT2D eigenvalue weighted by molar-refractivity contribution is -0.121. The molecule has 0 aliphatic carbocycles. The zero-order valence-corrected chi connectivity index (χ0v) is 17.8. The Morgan fingerprint density at radius 2 is 1.91 bits per heavy atom. The number of morpholine rings is 1. The Kier molecular flexibility index (Phi) is 6.18. The van der Waals surface area contributed by atoms with Crippen molar-refractivity contribution in [3.05, 3.63) is 70.3 Å². The number of fused-ring (bicyclic) bond motifs is 1. The average Bonchev–Trinajstić information content (AvgIpc) is 2.74. The molecule has 9 heteroatoms. The minimum absolute atomic E-state index is 0.0154. The molecule has 2 heterocycles. The molecule has 2 atom stereocenters. The van der Waals surface area contributed by atoms with E-state index in [1.807, 2.05) is 18.7 Å². The average molecular weight is 442 g/mol. The van der Waals surface area contributed by atoms with E-state index >= 15 is 0 Å². The summed E-state index contributed by atoms with van der Waals surface area (Å²) in [6.45, 7) is 4.96. The maximum Gasteiger partial charge on any atom is 0.261 e. The Morgan fingerprint density at radius 3 is 2.62 bits per heavy atom. The number of benzene rings is 2. The van der Waals surface area contributed by atoms with Crippen molar-refractivity contribution >= 4 is 22.5 Å². The first-order valence-corrected chi connectivity index (χ1v) is 10.4. The summed E-state index contributed by atoms with van der Waals surface area (Å²) in [5, 5.41) is 2.78. The number of anilines is 1. The highest BCUT2D eigenvalue weighted by Gasteiger charge is 2.24. The third kappa shape index (κ3) is 4.77. The summed E-state index contributed by atoms with van der Waals surface area (Å²) in [5.41, 5.74) is 0.949. The van der Waals surface area contributed by atoms with Gasteiger partial charge in [0.1, 0.15) is 18.2 Å². The molecule has 1 aliphatic heterocycles. The van der Waals surface area contributed by atoms with Crippen LogP contribution in [0.2, 0.25) is 0 Å². The number of hydrogen-bond donors (Lipinski definition) is 1. The van der Waals surface area contributed by atoms with Crippen LogP contribution < -0.4 is 15.8 Å². The van der Waals surface area contributed by atoms with E-state index in [-0.39, 0.29) is 36.5 Å². The fourth-order valence-electron chi connectivity index (χ4n) is 3.95. The number of ether oxygens (including phenoxy) is 1. The van der Waals surface area contributed by atoms with Gasteiger partial charge in [-0.05, 0) is 49.7 Å². The SMILES string of the molecule is CC1CN(c2ccc(CNC(=O)Cn3cnc4ccc(F)cc4c3=O)cc2F)CC(C)O1. The summed E-state index contributed by atoms with van der Waals surface area (Å²) < 4.78 is 35.0. The van der Waals surface area contributed by atoms with E-state index in [9.17, 15) is 18.4 Å². The van der Waals surface area contributed by atoms with Crippen LogP contribution in [-0.4, -0.2) is 40.8 Å². The predicted octanol–water partition coefficient (Wildman–Crippen LogP) is 2.60. The molecule has 1 saturated heterocycles. The lowest BCUT2D eigenvalue weighted by atomic mass is 10.1. The Hall–Kier alpha value is -3.33. The highest BCUT2D eigenvalue weighted by molar-refractivity contribution is 5.79. The molecular weight excluding hydrogens is 418 g/mol. The summed E-state index contributed by atoms with van der Waals surface area (Å²) in [5.74, 6) is -1.36. The van der Waals surface area contributed by atoms with Crippen molar-refractivity contribution < 1.29 is 18.3 Å². The van der Waals surface area contributed by atoms with Gasteiger partial charge in [-0.3, -0.25) is 14.2 Å². The molecule has 0 spiro atoms. The largest absolute Gasteiger partial charge is 0.372 e. The van der Waals surface area contributed by atoms with Crippen molar-refractivity contribution in [2.45, 2.75) is 39.1 Å². The quantitative estimate of drug-likeness (QED) is 0.658. The Bertz CT molecular complexity index is 1200. The molecular formula is C23H24F2N4O3. The second-order valence-corrected chi connectivity index (χ2v) is 8.06. The van der Waals surface area contributed by atoms with Gasteiger partial charge in [0.15, 0.2) is 0 Å². The van der Waals surface area contributed by atoms with Crippen molar-refractivity contribution in [2.75, 3.05) is 18.0 Å². The van der Waals surface area contributed by atoms with E-state index in [4.69, 9.17) is 4.74 Å². The minimum atomic E-state index is -0.551. The molecule has 32 heavy (non-hydrogen) atoms. The van der Waals surface area contributed by atoms with E-state index in [0.29, 0.717) is 29.9 Å². The fraction of sp³-hybridized carbons (Fsp3) is 0.348. The molecule has 3 aromatic rings. The van der Waals surface area contributed by atoms with E-state index in [0.717, 1.165) is 10.6 Å². The van der Waals surface area contributed by atoms with Crippen molar-refractivity contribution in [1.29, 1.82) is 0 Å². The highest BCUT2D eigenvalue weighted by Crippen LogP contribution is 2.24. The van der Waals surface area contributed by atoms with Crippen molar-refractivity contribution in [3.63, 3.8) is 0 Å². The first kappa shape index (κ1) is 21.9. The standard InChI is InChI=1S/C23H24F2N4O3/c1-14-10-28(11-15(2)32-14)21-6-3-16(7-19(21)25)9-26-22(30)12-29-13-27-20-5-4-17(24)8-18(20)23(29)31/h3-8,13-15H,9-12H2,1-2H3,(H,26,30). The van der Waals surface area contributed by atoms with Gasteiger partial charge in [0, 0.05) is 19.6 Å². The van der Waals surface area contributed by atoms with Gasteiger partial charge in [0.25, 0.3) is 5.56 Å². The monoisotopic (exact) mass is 442 g/mol. The number of carbonyl (C=O) groups is 1. The zero-order valence-electron chi connectivity index (χ0n) is 17.8. The van der Waals surface area contributed by atoms with Crippen LogP contribution in [0.3, 0.4) is 0 Å². The topological polar surface area (TPSA) is 76.5 Å². The van der Waals surface area contributed by atoms with E-state index in [1.165, 1.54) is 24.5 Å². The molecule has 1 N–H and O–H groups in total. The third-order valence-electron chi connectivity index (χ3n) is 5.36. The summed E-state index contributed by atoms with van der Waals surface area (Å²) in [6, 6.07) is 8.58. The number of nitrogens with one attached hydrogen (secondary N) is 1. The van der Waals surface area contributed by atoms with E-state index in [1.54, 1.807) is 12.1 Å². The van der Waals surface area contributed by atoms with Crippen molar-refractivity contribution in [2.24, 2.45) is 0 Å². The van der Waals surface area contributed by atoms with E-state index < -0.39 is 17.3 Å². The Morgan fingerprint density at radius 1 is 1.16 bits per heavy atom. The first-order chi connectivity index (χ1) is 15.3. The summed E-state index contributed by atoms with van der Waals surface area (Å²) in [6.07, 6.45) is 1.28. The van der Waals surface area contributed by atoms with Crippen LogP contribution in [0, 0.1) is 11.6 Å². The molecule has 1 aromatic heterocycles. The van der Waals surface area contributed by atoms with Crippen molar-refractivity contribution in [3.8, 4) is 0 Å². The van der Waals surface area contributed by atoms with Crippen LogP contribution >= 0.6 is 0 Å². The Labute approximate surface area is 183 Å².